The molecule has 0 radical (unpaired) electrons. The van der Waals surface area contributed by atoms with Gasteiger partial charge in [0.1, 0.15) is 16.7 Å². The van der Waals surface area contributed by atoms with Gasteiger partial charge >= 0.3 is 0 Å². The van der Waals surface area contributed by atoms with E-state index < -0.39 is 0 Å². The van der Waals surface area contributed by atoms with Crippen LogP contribution in [0.25, 0.3) is 98.8 Å². The fraction of sp³-hybridized carbons (Fsp3) is 0.0645. The van der Waals surface area contributed by atoms with Crippen molar-refractivity contribution < 1.29 is 8.83 Å². The van der Waals surface area contributed by atoms with E-state index in [9.17, 15) is 0 Å². The molecule has 0 spiro atoms. The van der Waals surface area contributed by atoms with Gasteiger partial charge in [-0.25, -0.2) is 0 Å². The molecule has 0 fully saturated rings. The summed E-state index contributed by atoms with van der Waals surface area (Å²) in [7, 11) is 0. The number of furan rings is 2. The molecule has 1 aliphatic carbocycles. The molecule has 4 nitrogen and oxygen atoms in total. The summed E-state index contributed by atoms with van der Waals surface area (Å²) in [6.45, 7) is 11.1. The van der Waals surface area contributed by atoms with Crippen LogP contribution in [0, 0.1) is 0 Å². The Bertz CT molecular complexity index is 4070. The van der Waals surface area contributed by atoms with E-state index in [1.54, 1.807) is 0 Å². The highest BCUT2D eigenvalue weighted by Gasteiger charge is 2.38. The lowest BCUT2D eigenvalue weighted by molar-refractivity contribution is 0.654. The minimum Gasteiger partial charge on any atom is -0.456 e. The number of allylic oxidation sites excluding steroid dienone is 5. The number of nitrogens with zero attached hydrogens (tertiary/aromatic N) is 2. The van der Waals surface area contributed by atoms with Crippen molar-refractivity contribution in [3.8, 4) is 16.8 Å². The fourth-order valence-corrected chi connectivity index (χ4v) is 11.1. The van der Waals surface area contributed by atoms with Gasteiger partial charge in [-0.3, -0.25) is 0 Å². The average molecular weight is 849 g/mol. The molecule has 3 heterocycles. The molecular formula is C62H44N2O2. The number of fused-ring (bicyclic) bond motifs is 11. The van der Waals surface area contributed by atoms with E-state index in [4.69, 9.17) is 8.83 Å². The van der Waals surface area contributed by atoms with Gasteiger partial charge in [-0.2, -0.15) is 0 Å². The van der Waals surface area contributed by atoms with Crippen molar-refractivity contribution in [3.63, 3.8) is 0 Å². The Labute approximate surface area is 382 Å². The number of aromatic nitrogens is 1. The number of hydrogen-bond donors (Lipinski definition) is 0. The van der Waals surface area contributed by atoms with Crippen LogP contribution in [0.5, 0.6) is 0 Å². The van der Waals surface area contributed by atoms with Gasteiger partial charge < -0.3 is 18.3 Å². The molecule has 66 heavy (non-hydrogen) atoms. The molecule has 0 saturated heterocycles. The second kappa shape index (κ2) is 14.3. The SMILES string of the molecule is C=CC1=C(/C=C\C)C(C)(C)c2cccc(N(c3cccc4c3oc3ccccc34)c3cccc4oc5ccc(-c6ccc7c(c6)c6ccccc6n7-c6cccc7ccccc67)cc5c34)c21. The Balaban J connectivity index is 1.06. The Hall–Kier alpha value is -8.34. The summed E-state index contributed by atoms with van der Waals surface area (Å²) in [4.78, 5) is 2.40. The quantitative estimate of drug-likeness (QED) is 0.160. The van der Waals surface area contributed by atoms with Crippen molar-refractivity contribution in [3.05, 3.63) is 223 Å². The Morgan fingerprint density at radius 1 is 0.530 bits per heavy atom. The molecule has 314 valence electrons. The van der Waals surface area contributed by atoms with E-state index in [2.05, 4.69) is 225 Å². The maximum atomic E-state index is 6.85. The summed E-state index contributed by atoms with van der Waals surface area (Å²) in [5, 5.41) is 9.11. The zero-order valence-electron chi connectivity index (χ0n) is 37.0. The van der Waals surface area contributed by atoms with E-state index in [0.29, 0.717) is 0 Å². The normalized spacial score (nSPS) is 13.7. The smallest absolute Gasteiger partial charge is 0.159 e. The van der Waals surface area contributed by atoms with Crippen LogP contribution < -0.4 is 4.90 Å². The topological polar surface area (TPSA) is 34.5 Å². The summed E-state index contributed by atoms with van der Waals surface area (Å²) < 4.78 is 16.1. The summed E-state index contributed by atoms with van der Waals surface area (Å²) in [5.74, 6) is 0. The lowest BCUT2D eigenvalue weighted by Gasteiger charge is -2.29. The van der Waals surface area contributed by atoms with E-state index in [0.717, 1.165) is 77.6 Å². The predicted molar refractivity (Wildman–Crippen MR) is 278 cm³/mol. The molecule has 9 aromatic carbocycles. The number of rotatable bonds is 7. The maximum absolute atomic E-state index is 6.85. The van der Waals surface area contributed by atoms with Crippen LogP contribution in [0.1, 0.15) is 31.9 Å². The predicted octanol–water partition coefficient (Wildman–Crippen LogP) is 17.7. The highest BCUT2D eigenvalue weighted by molar-refractivity contribution is 6.18. The Morgan fingerprint density at radius 2 is 1.17 bits per heavy atom. The molecule has 4 heteroatoms. The van der Waals surface area contributed by atoms with Gasteiger partial charge in [0.25, 0.3) is 0 Å². The van der Waals surface area contributed by atoms with Gasteiger partial charge in [-0.05, 0) is 107 Å². The number of anilines is 3. The molecule has 0 unspecified atom stereocenters. The van der Waals surface area contributed by atoms with Gasteiger partial charge in [-0.15, -0.1) is 0 Å². The Kier molecular flexibility index (Phi) is 8.29. The maximum Gasteiger partial charge on any atom is 0.159 e. The first kappa shape index (κ1) is 38.1. The summed E-state index contributed by atoms with van der Waals surface area (Å²) in [6.07, 6.45) is 6.41. The molecule has 1 aliphatic rings. The number of hydrogen-bond acceptors (Lipinski definition) is 3. The summed E-state index contributed by atoms with van der Waals surface area (Å²) >= 11 is 0. The zero-order valence-corrected chi connectivity index (χ0v) is 37.0. The third kappa shape index (κ3) is 5.39. The van der Waals surface area contributed by atoms with Crippen molar-refractivity contribution in [2.24, 2.45) is 0 Å². The van der Waals surface area contributed by atoms with Crippen LogP contribution in [0.15, 0.2) is 221 Å². The van der Waals surface area contributed by atoms with E-state index in [1.165, 1.54) is 55.0 Å². The molecule has 0 amide bonds. The average Bonchev–Trinajstić information content (AvgIpc) is 4.08. The van der Waals surface area contributed by atoms with E-state index >= 15 is 0 Å². The van der Waals surface area contributed by atoms with Crippen LogP contribution in [0.4, 0.5) is 17.1 Å². The minimum absolute atomic E-state index is 0.246. The largest absolute Gasteiger partial charge is 0.456 e. The van der Waals surface area contributed by atoms with Gasteiger partial charge in [0.15, 0.2) is 5.58 Å². The highest BCUT2D eigenvalue weighted by atomic mass is 16.3. The minimum atomic E-state index is -0.246. The van der Waals surface area contributed by atoms with Crippen molar-refractivity contribution in [2.45, 2.75) is 26.2 Å². The first-order chi connectivity index (χ1) is 32.4. The lowest BCUT2D eigenvalue weighted by Crippen LogP contribution is -2.17. The lowest BCUT2D eigenvalue weighted by atomic mass is 9.81. The summed E-state index contributed by atoms with van der Waals surface area (Å²) in [6, 6.07) is 65.5. The van der Waals surface area contributed by atoms with Gasteiger partial charge in [0, 0.05) is 43.3 Å². The van der Waals surface area contributed by atoms with Crippen LogP contribution in [0.3, 0.4) is 0 Å². The van der Waals surface area contributed by atoms with Crippen LogP contribution in [-0.4, -0.2) is 4.57 Å². The molecule has 0 N–H and O–H groups in total. The monoisotopic (exact) mass is 848 g/mol. The van der Waals surface area contributed by atoms with Crippen LogP contribution in [-0.2, 0) is 5.41 Å². The van der Waals surface area contributed by atoms with Crippen molar-refractivity contribution in [2.75, 3.05) is 4.90 Å². The van der Waals surface area contributed by atoms with Gasteiger partial charge in [-0.1, -0.05) is 154 Å². The van der Waals surface area contributed by atoms with Crippen LogP contribution >= 0.6 is 0 Å². The molecular weight excluding hydrogens is 805 g/mol. The second-order valence-electron chi connectivity index (χ2n) is 18.0. The molecule has 3 aromatic heterocycles. The fourth-order valence-electron chi connectivity index (χ4n) is 11.1. The first-order valence-corrected chi connectivity index (χ1v) is 22.7. The van der Waals surface area contributed by atoms with Crippen molar-refractivity contribution in [1.82, 2.24) is 4.57 Å². The van der Waals surface area contributed by atoms with E-state index in [1.807, 2.05) is 12.1 Å². The molecule has 0 aliphatic heterocycles. The van der Waals surface area contributed by atoms with Crippen LogP contribution in [0.2, 0.25) is 0 Å². The molecule has 13 rings (SSSR count). The number of benzene rings is 9. The van der Waals surface area contributed by atoms with Crippen molar-refractivity contribution >= 4 is 99.1 Å². The summed E-state index contributed by atoms with van der Waals surface area (Å²) in [5.41, 5.74) is 16.7. The number of para-hydroxylation sites is 3. The third-order valence-electron chi connectivity index (χ3n) is 14.1. The highest BCUT2D eigenvalue weighted by Crippen LogP contribution is 2.55. The zero-order chi connectivity index (χ0) is 44.3. The molecule has 0 saturated carbocycles. The Morgan fingerprint density at radius 3 is 2.03 bits per heavy atom. The molecule has 0 bridgehead atoms. The first-order valence-electron chi connectivity index (χ1n) is 22.7. The van der Waals surface area contributed by atoms with E-state index in [-0.39, 0.29) is 5.41 Å². The second-order valence-corrected chi connectivity index (χ2v) is 18.0. The van der Waals surface area contributed by atoms with Crippen molar-refractivity contribution in [1.29, 1.82) is 0 Å². The van der Waals surface area contributed by atoms with Gasteiger partial charge in [0.2, 0.25) is 0 Å². The standard InChI is InChI=1S/C62H44N2O2/c1-5-17-48-41(6-2)59-49(62(48,3)4)24-15-27-53(59)64(55-29-14-23-45-44-22-10-12-30-56(44)66-61(45)55)54-28-16-31-58-60(54)47-37-40(33-35-57(47)65-58)39-32-34-52-46(36-39)43-21-9-11-25-51(43)63(52)50-26-13-19-38-18-7-8-20-42(38)50/h5-37H,2H2,1,3-4H3/b17-5-. The molecule has 0 atom stereocenters. The molecule has 12 aromatic rings. The van der Waals surface area contributed by atoms with Gasteiger partial charge in [0.05, 0.1) is 39.2 Å². The third-order valence-corrected chi connectivity index (χ3v) is 14.1.